The SMILES string of the molecule is CCCCOCCCNc1nc(CC(C)C)nc(OC)c1N. The highest BCUT2D eigenvalue weighted by molar-refractivity contribution is 5.66. The van der Waals surface area contributed by atoms with E-state index in [0.29, 0.717) is 23.3 Å². The number of hydrogen-bond acceptors (Lipinski definition) is 6. The Kier molecular flexibility index (Phi) is 8.58. The van der Waals surface area contributed by atoms with Crippen LogP contribution in [0.25, 0.3) is 0 Å². The van der Waals surface area contributed by atoms with E-state index in [1.54, 1.807) is 7.11 Å². The number of hydrogen-bond donors (Lipinski definition) is 2. The number of aromatic nitrogens is 2. The maximum absolute atomic E-state index is 6.03. The number of unbranched alkanes of at least 4 members (excludes halogenated alkanes) is 1. The lowest BCUT2D eigenvalue weighted by Gasteiger charge is -2.13. The van der Waals surface area contributed by atoms with Crippen molar-refractivity contribution in [2.24, 2.45) is 5.92 Å². The molecule has 1 aromatic rings. The number of nitrogens with one attached hydrogen (secondary N) is 1. The minimum Gasteiger partial charge on any atom is -0.479 e. The zero-order valence-corrected chi connectivity index (χ0v) is 14.3. The topological polar surface area (TPSA) is 82.3 Å². The highest BCUT2D eigenvalue weighted by Crippen LogP contribution is 2.26. The monoisotopic (exact) mass is 310 g/mol. The first-order valence-electron chi connectivity index (χ1n) is 8.10. The van der Waals surface area contributed by atoms with Crippen molar-refractivity contribution in [3.63, 3.8) is 0 Å². The molecule has 0 atom stereocenters. The quantitative estimate of drug-likeness (QED) is 0.612. The summed E-state index contributed by atoms with van der Waals surface area (Å²) in [6.07, 6.45) is 3.98. The average Bonchev–Trinajstić information content (AvgIpc) is 2.48. The van der Waals surface area contributed by atoms with Gasteiger partial charge in [-0.15, -0.1) is 0 Å². The van der Waals surface area contributed by atoms with Gasteiger partial charge >= 0.3 is 0 Å². The molecule has 6 heteroatoms. The molecule has 0 spiro atoms. The zero-order chi connectivity index (χ0) is 16.4. The Morgan fingerprint density at radius 1 is 1.18 bits per heavy atom. The Hall–Kier alpha value is -1.56. The molecule has 22 heavy (non-hydrogen) atoms. The molecule has 1 aromatic heterocycles. The van der Waals surface area contributed by atoms with Crippen molar-refractivity contribution in [3.8, 4) is 5.88 Å². The number of nitrogen functional groups attached to an aromatic ring is 1. The first-order valence-corrected chi connectivity index (χ1v) is 8.10. The second-order valence-electron chi connectivity index (χ2n) is 5.76. The van der Waals surface area contributed by atoms with Crippen LogP contribution in [0.2, 0.25) is 0 Å². The van der Waals surface area contributed by atoms with Crippen molar-refractivity contribution < 1.29 is 9.47 Å². The zero-order valence-electron chi connectivity index (χ0n) is 14.3. The standard InChI is InChI=1S/C16H30N4O2/c1-5-6-9-22-10-7-8-18-15-14(17)16(21-4)20-13(19-15)11-12(2)3/h12H,5-11,17H2,1-4H3,(H,18,19,20). The predicted octanol–water partition coefficient (Wildman–Crippen LogP) is 2.88. The summed E-state index contributed by atoms with van der Waals surface area (Å²) in [5.74, 6) is 2.32. The molecule has 1 heterocycles. The number of anilines is 2. The van der Waals surface area contributed by atoms with Crippen molar-refractivity contribution in [2.75, 3.05) is 37.9 Å². The van der Waals surface area contributed by atoms with Crippen LogP contribution >= 0.6 is 0 Å². The fourth-order valence-electron chi connectivity index (χ4n) is 1.97. The largest absolute Gasteiger partial charge is 0.479 e. The molecule has 0 aromatic carbocycles. The van der Waals surface area contributed by atoms with Crippen molar-refractivity contribution in [3.05, 3.63) is 5.82 Å². The van der Waals surface area contributed by atoms with Crippen molar-refractivity contribution in [1.82, 2.24) is 9.97 Å². The van der Waals surface area contributed by atoms with Gasteiger partial charge in [-0.3, -0.25) is 0 Å². The maximum atomic E-state index is 6.03. The van der Waals surface area contributed by atoms with E-state index < -0.39 is 0 Å². The summed E-state index contributed by atoms with van der Waals surface area (Å²) in [5.41, 5.74) is 6.49. The molecule has 1 rings (SSSR count). The van der Waals surface area contributed by atoms with Gasteiger partial charge in [-0.1, -0.05) is 27.2 Å². The normalized spacial score (nSPS) is 11.0. The summed E-state index contributed by atoms with van der Waals surface area (Å²) in [6, 6.07) is 0. The van der Waals surface area contributed by atoms with Gasteiger partial charge in [0.15, 0.2) is 5.82 Å². The number of nitrogens with zero attached hydrogens (tertiary/aromatic N) is 2. The molecule has 126 valence electrons. The molecule has 6 nitrogen and oxygen atoms in total. The summed E-state index contributed by atoms with van der Waals surface area (Å²) in [6.45, 7) is 8.76. The van der Waals surface area contributed by atoms with E-state index in [9.17, 15) is 0 Å². The van der Waals surface area contributed by atoms with E-state index in [2.05, 4.69) is 36.1 Å². The van der Waals surface area contributed by atoms with E-state index >= 15 is 0 Å². The smallest absolute Gasteiger partial charge is 0.242 e. The molecule has 0 aliphatic heterocycles. The van der Waals surface area contributed by atoms with Gasteiger partial charge in [-0.05, 0) is 18.8 Å². The number of rotatable bonds is 11. The lowest BCUT2D eigenvalue weighted by molar-refractivity contribution is 0.131. The predicted molar refractivity (Wildman–Crippen MR) is 90.4 cm³/mol. The van der Waals surface area contributed by atoms with Gasteiger partial charge in [0.25, 0.3) is 0 Å². The van der Waals surface area contributed by atoms with Gasteiger partial charge in [0.2, 0.25) is 5.88 Å². The van der Waals surface area contributed by atoms with Crippen molar-refractivity contribution in [2.45, 2.75) is 46.5 Å². The first-order chi connectivity index (χ1) is 10.6. The van der Waals surface area contributed by atoms with Crippen LogP contribution in [0.1, 0.15) is 45.9 Å². The minimum atomic E-state index is 0.437. The van der Waals surface area contributed by atoms with E-state index in [-0.39, 0.29) is 0 Å². The average molecular weight is 310 g/mol. The molecular weight excluding hydrogens is 280 g/mol. The Labute approximate surface area is 133 Å². The summed E-state index contributed by atoms with van der Waals surface area (Å²) >= 11 is 0. The molecule has 0 saturated heterocycles. The Morgan fingerprint density at radius 2 is 1.91 bits per heavy atom. The Bertz CT molecular complexity index is 438. The third-order valence-corrected chi connectivity index (χ3v) is 3.14. The van der Waals surface area contributed by atoms with Crippen molar-refractivity contribution in [1.29, 1.82) is 0 Å². The molecule has 0 bridgehead atoms. The van der Waals surface area contributed by atoms with E-state index in [1.165, 1.54) is 0 Å². The second-order valence-corrected chi connectivity index (χ2v) is 5.76. The van der Waals surface area contributed by atoms with Gasteiger partial charge in [0.05, 0.1) is 7.11 Å². The van der Waals surface area contributed by atoms with Crippen LogP contribution in [0, 0.1) is 5.92 Å². The van der Waals surface area contributed by atoms with Crippen LogP contribution in [0.4, 0.5) is 11.5 Å². The van der Waals surface area contributed by atoms with Crippen molar-refractivity contribution >= 4 is 11.5 Å². The third kappa shape index (κ3) is 6.47. The summed E-state index contributed by atoms with van der Waals surface area (Å²) in [7, 11) is 1.57. The number of methoxy groups -OCH3 is 1. The highest BCUT2D eigenvalue weighted by Gasteiger charge is 2.13. The van der Waals surface area contributed by atoms with Gasteiger partial charge in [0, 0.05) is 26.2 Å². The first kappa shape index (κ1) is 18.5. The van der Waals surface area contributed by atoms with Gasteiger partial charge in [-0.2, -0.15) is 4.98 Å². The van der Waals surface area contributed by atoms with Crippen LogP contribution in [0.3, 0.4) is 0 Å². The van der Waals surface area contributed by atoms with Gasteiger partial charge in [0.1, 0.15) is 11.5 Å². The van der Waals surface area contributed by atoms with E-state index in [4.69, 9.17) is 15.2 Å². The summed E-state index contributed by atoms with van der Waals surface area (Å²) in [4.78, 5) is 8.85. The van der Waals surface area contributed by atoms with Gasteiger partial charge in [-0.25, -0.2) is 4.98 Å². The lowest BCUT2D eigenvalue weighted by atomic mass is 10.1. The second kappa shape index (κ2) is 10.2. The van der Waals surface area contributed by atoms with Gasteiger partial charge < -0.3 is 20.5 Å². The summed E-state index contributed by atoms with van der Waals surface area (Å²) < 4.78 is 10.8. The third-order valence-electron chi connectivity index (χ3n) is 3.14. The number of nitrogens with two attached hydrogens (primary N) is 1. The summed E-state index contributed by atoms with van der Waals surface area (Å²) in [5, 5.41) is 3.26. The molecule has 0 fully saturated rings. The van der Waals surface area contributed by atoms with Crippen LogP contribution in [-0.4, -0.2) is 36.8 Å². The van der Waals surface area contributed by atoms with Crippen LogP contribution in [0.5, 0.6) is 5.88 Å². The molecular formula is C16H30N4O2. The van der Waals surface area contributed by atoms with E-state index in [0.717, 1.165) is 51.3 Å². The molecule has 0 saturated carbocycles. The fraction of sp³-hybridized carbons (Fsp3) is 0.750. The maximum Gasteiger partial charge on any atom is 0.242 e. The fourth-order valence-corrected chi connectivity index (χ4v) is 1.97. The molecule has 0 aliphatic carbocycles. The Balaban J connectivity index is 2.53. The Morgan fingerprint density at radius 3 is 2.55 bits per heavy atom. The van der Waals surface area contributed by atoms with Crippen LogP contribution in [-0.2, 0) is 11.2 Å². The van der Waals surface area contributed by atoms with Crippen LogP contribution in [0.15, 0.2) is 0 Å². The molecule has 0 radical (unpaired) electrons. The number of ether oxygens (including phenoxy) is 2. The molecule has 3 N–H and O–H groups in total. The molecule has 0 amide bonds. The molecule has 0 unspecified atom stereocenters. The molecule has 0 aliphatic rings. The highest BCUT2D eigenvalue weighted by atomic mass is 16.5. The lowest BCUT2D eigenvalue weighted by Crippen LogP contribution is -2.13. The van der Waals surface area contributed by atoms with E-state index in [1.807, 2.05) is 0 Å². The van der Waals surface area contributed by atoms with Crippen LogP contribution < -0.4 is 15.8 Å². The minimum absolute atomic E-state index is 0.437.